The first-order chi connectivity index (χ1) is 14.1. The molecule has 0 atom stereocenters. The molecular formula is C23H25FN2O3. The van der Waals surface area contributed by atoms with Gasteiger partial charge >= 0.3 is 0 Å². The second kappa shape index (κ2) is 8.23. The third kappa shape index (κ3) is 4.26. The molecule has 2 aromatic carbocycles. The predicted octanol–water partition coefficient (Wildman–Crippen LogP) is 3.92. The fourth-order valence-electron chi connectivity index (χ4n) is 4.33. The molecule has 1 N–H and O–H groups in total. The summed E-state index contributed by atoms with van der Waals surface area (Å²) in [5.74, 6) is 0.240. The Bertz CT molecular complexity index is 874. The number of ether oxygens (including phenoxy) is 1. The Kier molecular flexibility index (Phi) is 5.51. The molecule has 1 aliphatic carbocycles. The molecule has 2 aromatic rings. The van der Waals surface area contributed by atoms with E-state index in [-0.39, 0.29) is 24.2 Å². The molecule has 5 nitrogen and oxygen atoms in total. The molecule has 1 heterocycles. The number of benzene rings is 2. The van der Waals surface area contributed by atoms with E-state index in [2.05, 4.69) is 5.32 Å². The molecule has 6 heteroatoms. The van der Waals surface area contributed by atoms with Crippen molar-refractivity contribution in [2.45, 2.75) is 44.1 Å². The molecule has 0 aromatic heterocycles. The summed E-state index contributed by atoms with van der Waals surface area (Å²) in [4.78, 5) is 26.2. The second-order valence-electron chi connectivity index (χ2n) is 7.78. The number of amides is 2. The highest BCUT2D eigenvalue weighted by Crippen LogP contribution is 2.38. The number of nitrogens with one attached hydrogen (secondary N) is 1. The van der Waals surface area contributed by atoms with Crippen molar-refractivity contribution >= 4 is 17.5 Å². The van der Waals surface area contributed by atoms with E-state index < -0.39 is 5.54 Å². The van der Waals surface area contributed by atoms with Crippen molar-refractivity contribution in [3.8, 4) is 5.75 Å². The maximum atomic E-state index is 13.3. The molecule has 2 amide bonds. The van der Waals surface area contributed by atoms with Crippen LogP contribution in [0.1, 0.15) is 44.1 Å². The fraction of sp³-hybridized carbons (Fsp3) is 0.391. The number of carbonyl (C=O) groups excluding carboxylic acids is 2. The van der Waals surface area contributed by atoms with E-state index in [0.717, 1.165) is 49.9 Å². The van der Waals surface area contributed by atoms with Crippen LogP contribution in [0.2, 0.25) is 0 Å². The lowest BCUT2D eigenvalue weighted by Crippen LogP contribution is -2.45. The lowest BCUT2D eigenvalue weighted by atomic mass is 9.88. The Balaban J connectivity index is 1.36. The van der Waals surface area contributed by atoms with Crippen LogP contribution in [0.3, 0.4) is 0 Å². The number of carbonyl (C=O) groups is 2. The zero-order valence-electron chi connectivity index (χ0n) is 16.3. The molecule has 1 saturated heterocycles. The van der Waals surface area contributed by atoms with E-state index in [1.165, 1.54) is 12.1 Å². The van der Waals surface area contributed by atoms with E-state index >= 15 is 0 Å². The average Bonchev–Trinajstić information content (AvgIpc) is 3.37. The summed E-state index contributed by atoms with van der Waals surface area (Å²) in [6, 6.07) is 13.6. The summed E-state index contributed by atoms with van der Waals surface area (Å²) in [7, 11) is 0. The van der Waals surface area contributed by atoms with Crippen molar-refractivity contribution < 1.29 is 18.7 Å². The van der Waals surface area contributed by atoms with E-state index in [0.29, 0.717) is 12.2 Å². The van der Waals surface area contributed by atoms with Gasteiger partial charge in [0.1, 0.15) is 11.6 Å². The van der Waals surface area contributed by atoms with Crippen molar-refractivity contribution in [2.24, 2.45) is 0 Å². The number of hydrogen-bond acceptors (Lipinski definition) is 3. The molecule has 4 rings (SSSR count). The van der Waals surface area contributed by atoms with Gasteiger partial charge in [-0.05, 0) is 61.2 Å². The highest BCUT2D eigenvalue weighted by Gasteiger charge is 2.37. The minimum Gasteiger partial charge on any atom is -0.484 e. The summed E-state index contributed by atoms with van der Waals surface area (Å²) in [6.45, 7) is 0.651. The van der Waals surface area contributed by atoms with E-state index in [1.807, 2.05) is 12.1 Å². The van der Waals surface area contributed by atoms with Crippen LogP contribution in [-0.2, 0) is 15.1 Å². The molecule has 2 fully saturated rings. The van der Waals surface area contributed by atoms with Crippen LogP contribution in [0, 0.1) is 5.82 Å². The van der Waals surface area contributed by atoms with Gasteiger partial charge in [-0.1, -0.05) is 25.0 Å². The smallest absolute Gasteiger partial charge is 0.258 e. The molecular weight excluding hydrogens is 371 g/mol. The lowest BCUT2D eigenvalue weighted by molar-refractivity contribution is -0.125. The zero-order chi connectivity index (χ0) is 20.3. The summed E-state index contributed by atoms with van der Waals surface area (Å²) in [5.41, 5.74) is 1.34. The van der Waals surface area contributed by atoms with Crippen molar-refractivity contribution in [3.63, 3.8) is 0 Å². The Morgan fingerprint density at radius 1 is 1.03 bits per heavy atom. The van der Waals surface area contributed by atoms with Gasteiger partial charge in [0.25, 0.3) is 5.91 Å². The molecule has 0 unspecified atom stereocenters. The minimum atomic E-state index is -0.450. The molecule has 2 aliphatic rings. The van der Waals surface area contributed by atoms with Gasteiger partial charge in [-0.2, -0.15) is 0 Å². The van der Waals surface area contributed by atoms with Crippen LogP contribution in [0.4, 0.5) is 10.1 Å². The third-order valence-corrected chi connectivity index (χ3v) is 5.82. The van der Waals surface area contributed by atoms with Crippen LogP contribution in [0.25, 0.3) is 0 Å². The summed E-state index contributed by atoms with van der Waals surface area (Å²) < 4.78 is 18.9. The lowest BCUT2D eigenvalue weighted by Gasteiger charge is -2.31. The van der Waals surface area contributed by atoms with Gasteiger partial charge in [0.15, 0.2) is 6.61 Å². The third-order valence-electron chi connectivity index (χ3n) is 5.82. The average molecular weight is 396 g/mol. The van der Waals surface area contributed by atoms with Gasteiger partial charge in [-0.15, -0.1) is 0 Å². The Morgan fingerprint density at radius 3 is 2.34 bits per heavy atom. The van der Waals surface area contributed by atoms with Crippen molar-refractivity contribution in [2.75, 3.05) is 18.1 Å². The molecule has 29 heavy (non-hydrogen) atoms. The van der Waals surface area contributed by atoms with E-state index in [1.54, 1.807) is 29.2 Å². The Morgan fingerprint density at radius 2 is 1.72 bits per heavy atom. The second-order valence-corrected chi connectivity index (χ2v) is 7.78. The summed E-state index contributed by atoms with van der Waals surface area (Å²) >= 11 is 0. The molecule has 0 spiro atoms. The zero-order valence-corrected chi connectivity index (χ0v) is 16.3. The summed E-state index contributed by atoms with van der Waals surface area (Å²) in [6.07, 6.45) is 5.19. The first-order valence-corrected chi connectivity index (χ1v) is 10.2. The van der Waals surface area contributed by atoms with Crippen LogP contribution in [0.15, 0.2) is 48.5 Å². The molecule has 0 bridgehead atoms. The van der Waals surface area contributed by atoms with Crippen LogP contribution in [-0.4, -0.2) is 25.0 Å². The molecule has 1 aliphatic heterocycles. The largest absolute Gasteiger partial charge is 0.484 e. The van der Waals surface area contributed by atoms with Gasteiger partial charge in [-0.3, -0.25) is 9.59 Å². The van der Waals surface area contributed by atoms with Crippen LogP contribution in [0.5, 0.6) is 5.75 Å². The van der Waals surface area contributed by atoms with Crippen molar-refractivity contribution in [3.05, 3.63) is 59.9 Å². The minimum absolute atomic E-state index is 0.0923. The first kappa shape index (κ1) is 19.4. The number of anilines is 1. The maximum Gasteiger partial charge on any atom is 0.258 e. The Labute approximate surface area is 169 Å². The van der Waals surface area contributed by atoms with Gasteiger partial charge in [-0.25, -0.2) is 4.39 Å². The fourth-order valence-corrected chi connectivity index (χ4v) is 4.33. The highest BCUT2D eigenvalue weighted by molar-refractivity contribution is 5.95. The normalized spacial score (nSPS) is 18.1. The van der Waals surface area contributed by atoms with E-state index in [4.69, 9.17) is 4.74 Å². The standard InChI is InChI=1S/C23H25FN2O3/c24-18-7-5-17(6-8-18)23(13-1-2-14-23)25-21(27)16-29-20-11-9-19(10-12-20)26-15-3-4-22(26)28/h5-12H,1-4,13-16H2,(H,25,27). The van der Waals surface area contributed by atoms with Crippen molar-refractivity contribution in [1.29, 1.82) is 0 Å². The Hall–Kier alpha value is -2.89. The number of rotatable bonds is 6. The van der Waals surface area contributed by atoms with Gasteiger partial charge in [0, 0.05) is 18.7 Å². The maximum absolute atomic E-state index is 13.3. The van der Waals surface area contributed by atoms with Gasteiger partial charge < -0.3 is 15.0 Å². The van der Waals surface area contributed by atoms with Crippen LogP contribution >= 0.6 is 0 Å². The number of hydrogen-bond donors (Lipinski definition) is 1. The number of nitrogens with zero attached hydrogens (tertiary/aromatic N) is 1. The molecule has 0 radical (unpaired) electrons. The first-order valence-electron chi connectivity index (χ1n) is 10.2. The molecule has 1 saturated carbocycles. The van der Waals surface area contributed by atoms with Gasteiger partial charge in [0.05, 0.1) is 5.54 Å². The van der Waals surface area contributed by atoms with Crippen LogP contribution < -0.4 is 15.0 Å². The van der Waals surface area contributed by atoms with E-state index in [9.17, 15) is 14.0 Å². The SMILES string of the molecule is O=C(COc1ccc(N2CCCC2=O)cc1)NC1(c2ccc(F)cc2)CCCC1. The quantitative estimate of drug-likeness (QED) is 0.805. The van der Waals surface area contributed by atoms with Gasteiger partial charge in [0.2, 0.25) is 5.91 Å². The highest BCUT2D eigenvalue weighted by atomic mass is 19.1. The molecule has 152 valence electrons. The summed E-state index contributed by atoms with van der Waals surface area (Å²) in [5, 5.41) is 3.12. The topological polar surface area (TPSA) is 58.6 Å². The number of halogens is 1. The predicted molar refractivity (Wildman–Crippen MR) is 108 cm³/mol. The van der Waals surface area contributed by atoms with Crippen molar-refractivity contribution in [1.82, 2.24) is 5.32 Å². The monoisotopic (exact) mass is 396 g/mol.